The van der Waals surface area contributed by atoms with E-state index < -0.39 is 0 Å². The van der Waals surface area contributed by atoms with E-state index in [0.29, 0.717) is 0 Å². The third-order valence-electron chi connectivity index (χ3n) is 3.09. The van der Waals surface area contributed by atoms with E-state index in [0.717, 1.165) is 36.3 Å². The predicted octanol–water partition coefficient (Wildman–Crippen LogP) is 2.02. The Bertz CT molecular complexity index is 338. The first-order chi connectivity index (χ1) is 7.13. The summed E-state index contributed by atoms with van der Waals surface area (Å²) in [6.07, 6.45) is 2.99. The number of hydrogen-bond donors (Lipinski definition) is 1. The molecule has 4 heteroatoms. The maximum absolute atomic E-state index is 5.78. The molecule has 0 spiro atoms. The minimum Gasteiger partial charge on any atom is -0.356 e. The third-order valence-corrected chi connectivity index (χ3v) is 3.56. The van der Waals surface area contributed by atoms with Crippen LogP contribution in [0.1, 0.15) is 13.3 Å². The Hall–Kier alpha value is -0.610. The molecule has 3 nitrogen and oxygen atoms in total. The van der Waals surface area contributed by atoms with Gasteiger partial charge in [0, 0.05) is 23.8 Å². The molecule has 2 N–H and O–H groups in total. The van der Waals surface area contributed by atoms with Crippen LogP contribution in [0.15, 0.2) is 22.8 Å². The number of rotatable bonds is 2. The molecule has 1 saturated heterocycles. The Morgan fingerprint density at radius 1 is 1.60 bits per heavy atom. The molecule has 15 heavy (non-hydrogen) atoms. The molecule has 1 fully saturated rings. The van der Waals surface area contributed by atoms with E-state index in [1.165, 1.54) is 0 Å². The molecule has 0 aliphatic carbocycles. The van der Waals surface area contributed by atoms with E-state index in [-0.39, 0.29) is 5.41 Å². The standard InChI is InChI=1S/C11H16BrN3/c1-11(7-13)4-5-15(8-11)10-3-2-9(12)6-14-10/h2-3,6H,4-5,7-8,13H2,1H3. The van der Waals surface area contributed by atoms with Gasteiger partial charge in [-0.2, -0.15) is 0 Å². The summed E-state index contributed by atoms with van der Waals surface area (Å²) in [5, 5.41) is 0. The largest absolute Gasteiger partial charge is 0.356 e. The quantitative estimate of drug-likeness (QED) is 0.894. The van der Waals surface area contributed by atoms with Crippen molar-refractivity contribution >= 4 is 21.7 Å². The molecule has 1 aromatic rings. The number of nitrogens with two attached hydrogens (primary N) is 1. The second kappa shape index (κ2) is 4.10. The van der Waals surface area contributed by atoms with Crippen molar-refractivity contribution in [1.29, 1.82) is 0 Å². The lowest BCUT2D eigenvalue weighted by Crippen LogP contribution is -2.31. The highest BCUT2D eigenvalue weighted by molar-refractivity contribution is 9.10. The van der Waals surface area contributed by atoms with Crippen LogP contribution in [0.4, 0.5) is 5.82 Å². The van der Waals surface area contributed by atoms with Crippen molar-refractivity contribution in [2.24, 2.45) is 11.1 Å². The molecule has 1 aromatic heterocycles. The van der Waals surface area contributed by atoms with E-state index in [9.17, 15) is 0 Å². The molecule has 0 amide bonds. The van der Waals surface area contributed by atoms with Gasteiger partial charge in [-0.15, -0.1) is 0 Å². The van der Waals surface area contributed by atoms with Gasteiger partial charge in [0.05, 0.1) is 0 Å². The average molecular weight is 270 g/mol. The average Bonchev–Trinajstić information content (AvgIpc) is 2.63. The molecule has 82 valence electrons. The first-order valence-electron chi connectivity index (χ1n) is 5.20. The van der Waals surface area contributed by atoms with Crippen LogP contribution in [0.25, 0.3) is 0 Å². The van der Waals surface area contributed by atoms with Crippen LogP contribution in [0, 0.1) is 5.41 Å². The van der Waals surface area contributed by atoms with Gasteiger partial charge in [0.25, 0.3) is 0 Å². The van der Waals surface area contributed by atoms with Crippen LogP contribution in [-0.2, 0) is 0 Å². The lowest BCUT2D eigenvalue weighted by molar-refractivity contribution is 0.383. The first-order valence-corrected chi connectivity index (χ1v) is 5.99. The number of nitrogens with zero attached hydrogens (tertiary/aromatic N) is 2. The van der Waals surface area contributed by atoms with Gasteiger partial charge in [0.1, 0.15) is 5.82 Å². The van der Waals surface area contributed by atoms with Crippen LogP contribution in [-0.4, -0.2) is 24.6 Å². The van der Waals surface area contributed by atoms with E-state index in [4.69, 9.17) is 5.73 Å². The highest BCUT2D eigenvalue weighted by Crippen LogP contribution is 2.31. The minimum atomic E-state index is 0.259. The fourth-order valence-electron chi connectivity index (χ4n) is 1.94. The van der Waals surface area contributed by atoms with E-state index in [1.54, 1.807) is 0 Å². The molecule has 2 rings (SSSR count). The van der Waals surface area contributed by atoms with Crippen molar-refractivity contribution in [3.8, 4) is 0 Å². The normalized spacial score (nSPS) is 25.9. The molecule has 1 aliphatic heterocycles. The molecule has 1 aliphatic rings. The Kier molecular flexibility index (Phi) is 2.98. The van der Waals surface area contributed by atoms with Gasteiger partial charge in [-0.25, -0.2) is 4.98 Å². The molecule has 0 aromatic carbocycles. The van der Waals surface area contributed by atoms with Crippen molar-refractivity contribution in [2.45, 2.75) is 13.3 Å². The van der Waals surface area contributed by atoms with Crippen LogP contribution in [0.5, 0.6) is 0 Å². The zero-order valence-electron chi connectivity index (χ0n) is 8.91. The highest BCUT2D eigenvalue weighted by atomic mass is 79.9. The highest BCUT2D eigenvalue weighted by Gasteiger charge is 2.32. The minimum absolute atomic E-state index is 0.259. The number of aromatic nitrogens is 1. The number of pyridine rings is 1. The van der Waals surface area contributed by atoms with E-state index >= 15 is 0 Å². The molecular weight excluding hydrogens is 254 g/mol. The van der Waals surface area contributed by atoms with E-state index in [1.807, 2.05) is 18.3 Å². The second-order valence-corrected chi connectivity index (χ2v) is 5.44. The summed E-state index contributed by atoms with van der Waals surface area (Å²) < 4.78 is 1.02. The Morgan fingerprint density at radius 3 is 2.93 bits per heavy atom. The molecule has 0 bridgehead atoms. The number of hydrogen-bond acceptors (Lipinski definition) is 3. The third kappa shape index (κ3) is 2.32. The predicted molar refractivity (Wildman–Crippen MR) is 65.9 cm³/mol. The van der Waals surface area contributed by atoms with Crippen LogP contribution in [0.2, 0.25) is 0 Å². The van der Waals surface area contributed by atoms with Crippen molar-refractivity contribution in [1.82, 2.24) is 4.98 Å². The lowest BCUT2D eigenvalue weighted by atomic mass is 9.90. The van der Waals surface area contributed by atoms with Gasteiger partial charge < -0.3 is 10.6 Å². The molecular formula is C11H16BrN3. The van der Waals surface area contributed by atoms with E-state index in [2.05, 4.69) is 32.7 Å². The molecule has 1 unspecified atom stereocenters. The zero-order chi connectivity index (χ0) is 10.9. The maximum atomic E-state index is 5.78. The maximum Gasteiger partial charge on any atom is 0.128 e. The topological polar surface area (TPSA) is 42.1 Å². The lowest BCUT2D eigenvalue weighted by Gasteiger charge is -2.23. The van der Waals surface area contributed by atoms with Crippen LogP contribution >= 0.6 is 15.9 Å². The van der Waals surface area contributed by atoms with Gasteiger partial charge in [-0.3, -0.25) is 0 Å². The fraction of sp³-hybridized carbons (Fsp3) is 0.545. The number of halogens is 1. The van der Waals surface area contributed by atoms with Crippen molar-refractivity contribution in [3.05, 3.63) is 22.8 Å². The van der Waals surface area contributed by atoms with Crippen LogP contribution < -0.4 is 10.6 Å². The van der Waals surface area contributed by atoms with Gasteiger partial charge in [-0.1, -0.05) is 6.92 Å². The fourth-order valence-corrected chi connectivity index (χ4v) is 2.18. The van der Waals surface area contributed by atoms with Crippen LogP contribution in [0.3, 0.4) is 0 Å². The summed E-state index contributed by atoms with van der Waals surface area (Å²) in [4.78, 5) is 6.70. The number of anilines is 1. The summed E-state index contributed by atoms with van der Waals surface area (Å²) in [5.41, 5.74) is 6.04. The van der Waals surface area contributed by atoms with Gasteiger partial charge >= 0.3 is 0 Å². The summed E-state index contributed by atoms with van der Waals surface area (Å²) in [5.74, 6) is 1.05. The molecule has 0 saturated carbocycles. The SMILES string of the molecule is CC1(CN)CCN(c2ccc(Br)cn2)C1. The Morgan fingerprint density at radius 2 is 2.40 bits per heavy atom. The van der Waals surface area contributed by atoms with Crippen molar-refractivity contribution in [2.75, 3.05) is 24.5 Å². The van der Waals surface area contributed by atoms with Gasteiger partial charge in [0.15, 0.2) is 0 Å². The first kappa shape index (κ1) is 10.9. The summed E-state index contributed by atoms with van der Waals surface area (Å²) in [7, 11) is 0. The summed E-state index contributed by atoms with van der Waals surface area (Å²) in [6, 6.07) is 4.08. The van der Waals surface area contributed by atoms with Crippen molar-refractivity contribution in [3.63, 3.8) is 0 Å². The zero-order valence-corrected chi connectivity index (χ0v) is 10.5. The molecule has 1 atom stereocenters. The van der Waals surface area contributed by atoms with Gasteiger partial charge in [-0.05, 0) is 46.4 Å². The van der Waals surface area contributed by atoms with Crippen molar-refractivity contribution < 1.29 is 0 Å². The smallest absolute Gasteiger partial charge is 0.128 e. The summed E-state index contributed by atoms with van der Waals surface area (Å²) >= 11 is 3.39. The molecule has 2 heterocycles. The second-order valence-electron chi connectivity index (χ2n) is 4.52. The summed E-state index contributed by atoms with van der Waals surface area (Å²) in [6.45, 7) is 5.06. The Labute approximate surface area is 98.8 Å². The molecule has 0 radical (unpaired) electrons. The monoisotopic (exact) mass is 269 g/mol. The van der Waals surface area contributed by atoms with Gasteiger partial charge in [0.2, 0.25) is 0 Å². The Balaban J connectivity index is 2.11.